The lowest BCUT2D eigenvalue weighted by molar-refractivity contribution is -0.124. The Hall–Kier alpha value is -4.04. The van der Waals surface area contributed by atoms with E-state index in [2.05, 4.69) is 10.6 Å². The van der Waals surface area contributed by atoms with Crippen LogP contribution in [0.15, 0.2) is 84.9 Å². The highest BCUT2D eigenvalue weighted by molar-refractivity contribution is 5.85. The second kappa shape index (κ2) is 14.5. The maximum absolute atomic E-state index is 12.7. The van der Waals surface area contributed by atoms with Gasteiger partial charge in [-0.1, -0.05) is 62.4 Å². The van der Waals surface area contributed by atoms with E-state index in [0.717, 1.165) is 11.3 Å². The Balaban J connectivity index is 1.41. The van der Waals surface area contributed by atoms with Gasteiger partial charge in [-0.15, -0.1) is 0 Å². The average Bonchev–Trinajstić information content (AvgIpc) is 2.90. The maximum Gasteiger partial charge on any atom is 0.408 e. The summed E-state index contributed by atoms with van der Waals surface area (Å²) < 4.78 is 16.6. The molecule has 0 aliphatic rings. The minimum Gasteiger partial charge on any atom is -0.491 e. The molecule has 0 aromatic heterocycles. The van der Waals surface area contributed by atoms with Crippen LogP contribution < -0.4 is 20.1 Å². The van der Waals surface area contributed by atoms with Crippen LogP contribution in [0.1, 0.15) is 25.8 Å². The summed E-state index contributed by atoms with van der Waals surface area (Å²) in [7, 11) is 0. The number of benzene rings is 3. The summed E-state index contributed by atoms with van der Waals surface area (Å²) in [5.74, 6) is 1.72. The van der Waals surface area contributed by atoms with Crippen LogP contribution in [0.2, 0.25) is 0 Å². The summed E-state index contributed by atoms with van der Waals surface area (Å²) >= 11 is 0. The zero-order valence-electron chi connectivity index (χ0n) is 21.1. The van der Waals surface area contributed by atoms with Crippen molar-refractivity contribution in [1.82, 2.24) is 10.6 Å². The monoisotopic (exact) mass is 506 g/mol. The lowest BCUT2D eigenvalue weighted by Gasteiger charge is -2.21. The first-order valence-corrected chi connectivity index (χ1v) is 12.3. The number of ether oxygens (including phenoxy) is 3. The number of aliphatic hydroxyl groups is 1. The van der Waals surface area contributed by atoms with E-state index in [1.807, 2.05) is 74.5 Å². The number of aliphatic hydroxyl groups excluding tert-OH is 1. The van der Waals surface area contributed by atoms with Crippen LogP contribution in [0.25, 0.3) is 0 Å². The van der Waals surface area contributed by atoms with Crippen LogP contribution in [0.4, 0.5) is 4.79 Å². The number of rotatable bonds is 13. The summed E-state index contributed by atoms with van der Waals surface area (Å²) in [6.45, 7) is 3.98. The van der Waals surface area contributed by atoms with Crippen LogP contribution >= 0.6 is 0 Å². The van der Waals surface area contributed by atoms with Gasteiger partial charge < -0.3 is 30.0 Å². The van der Waals surface area contributed by atoms with E-state index < -0.39 is 24.1 Å². The molecule has 0 spiro atoms. The molecule has 8 nitrogen and oxygen atoms in total. The molecule has 3 aromatic rings. The van der Waals surface area contributed by atoms with Gasteiger partial charge in [-0.25, -0.2) is 4.79 Å². The van der Waals surface area contributed by atoms with Crippen molar-refractivity contribution in [3.8, 4) is 17.2 Å². The summed E-state index contributed by atoms with van der Waals surface area (Å²) in [5, 5.41) is 15.6. The quantitative estimate of drug-likeness (QED) is 0.311. The molecule has 0 saturated heterocycles. The van der Waals surface area contributed by atoms with Gasteiger partial charge in [0.25, 0.3) is 0 Å². The molecule has 2 atom stereocenters. The van der Waals surface area contributed by atoms with Crippen LogP contribution in [0.3, 0.4) is 0 Å². The fraction of sp³-hybridized carbons (Fsp3) is 0.310. The highest BCUT2D eigenvalue weighted by Gasteiger charge is 2.23. The van der Waals surface area contributed by atoms with E-state index in [0.29, 0.717) is 17.9 Å². The van der Waals surface area contributed by atoms with Crippen LogP contribution in [-0.2, 0) is 16.1 Å². The smallest absolute Gasteiger partial charge is 0.408 e. The minimum atomic E-state index is -0.936. The Kier molecular flexibility index (Phi) is 10.8. The first kappa shape index (κ1) is 27.5. The summed E-state index contributed by atoms with van der Waals surface area (Å²) in [6.07, 6.45) is -1.18. The first-order valence-electron chi connectivity index (χ1n) is 12.3. The molecular formula is C29H34N2O6. The van der Waals surface area contributed by atoms with Gasteiger partial charge in [0.1, 0.15) is 42.6 Å². The third-order valence-corrected chi connectivity index (χ3v) is 5.29. The van der Waals surface area contributed by atoms with Gasteiger partial charge in [0.2, 0.25) is 5.91 Å². The Morgan fingerprint density at radius 1 is 0.838 bits per heavy atom. The zero-order chi connectivity index (χ0) is 26.5. The standard InChI is InChI=1S/C29H34N2O6/c1-21(2)17-27(31-29(34)36-19-22-9-5-3-6-10-22)28(33)30-18-23(32)20-35-24-13-15-26(16-14-24)37-25-11-7-4-8-12-25/h3-16,21,23,27,32H,17-20H2,1-2H3,(H,30,33)(H,31,34)/t23?,27-/m0/s1. The molecule has 3 N–H and O–H groups in total. The topological polar surface area (TPSA) is 106 Å². The van der Waals surface area contributed by atoms with E-state index in [9.17, 15) is 14.7 Å². The van der Waals surface area contributed by atoms with Gasteiger partial charge >= 0.3 is 6.09 Å². The Morgan fingerprint density at radius 2 is 1.43 bits per heavy atom. The molecule has 196 valence electrons. The number of carbonyl (C=O) groups is 2. The molecule has 0 fully saturated rings. The third-order valence-electron chi connectivity index (χ3n) is 5.29. The van der Waals surface area contributed by atoms with Gasteiger partial charge in [0.15, 0.2) is 0 Å². The fourth-order valence-corrected chi connectivity index (χ4v) is 3.43. The molecule has 1 unspecified atom stereocenters. The second-order valence-electron chi connectivity index (χ2n) is 8.98. The molecule has 0 bridgehead atoms. The molecule has 0 saturated carbocycles. The number of alkyl carbamates (subject to hydrolysis) is 1. The fourth-order valence-electron chi connectivity index (χ4n) is 3.43. The SMILES string of the molecule is CC(C)C[C@H](NC(=O)OCc1ccccc1)C(=O)NCC(O)COc1ccc(Oc2ccccc2)cc1. The van der Waals surface area contributed by atoms with Crippen molar-refractivity contribution in [2.45, 2.75) is 39.0 Å². The van der Waals surface area contributed by atoms with E-state index in [1.165, 1.54) is 0 Å². The largest absolute Gasteiger partial charge is 0.491 e. The lowest BCUT2D eigenvalue weighted by Crippen LogP contribution is -2.49. The third kappa shape index (κ3) is 10.2. The van der Waals surface area contributed by atoms with Gasteiger partial charge in [-0.3, -0.25) is 4.79 Å². The van der Waals surface area contributed by atoms with Crippen molar-refractivity contribution in [2.75, 3.05) is 13.2 Å². The Labute approximate surface area is 217 Å². The molecule has 3 aromatic carbocycles. The average molecular weight is 507 g/mol. The highest BCUT2D eigenvalue weighted by Crippen LogP contribution is 2.23. The van der Waals surface area contributed by atoms with Gasteiger partial charge in [-0.05, 0) is 54.3 Å². The number of hydrogen-bond donors (Lipinski definition) is 3. The number of hydrogen-bond acceptors (Lipinski definition) is 6. The summed E-state index contributed by atoms with van der Waals surface area (Å²) in [6, 6.07) is 25.0. The predicted molar refractivity (Wildman–Crippen MR) is 140 cm³/mol. The van der Waals surface area contributed by atoms with Crippen molar-refractivity contribution in [2.24, 2.45) is 5.92 Å². The summed E-state index contributed by atoms with van der Waals surface area (Å²) in [4.78, 5) is 25.0. The maximum atomic E-state index is 12.7. The van der Waals surface area contributed by atoms with E-state index in [1.54, 1.807) is 24.3 Å². The Morgan fingerprint density at radius 3 is 2.08 bits per heavy atom. The van der Waals surface area contributed by atoms with Crippen molar-refractivity contribution < 1.29 is 28.9 Å². The van der Waals surface area contributed by atoms with Crippen molar-refractivity contribution in [3.63, 3.8) is 0 Å². The predicted octanol–water partition coefficient (Wildman–Crippen LogP) is 4.68. The summed E-state index contributed by atoms with van der Waals surface area (Å²) in [5.41, 5.74) is 0.851. The van der Waals surface area contributed by atoms with E-state index in [-0.39, 0.29) is 25.7 Å². The number of amides is 2. The molecule has 2 amide bonds. The molecule has 37 heavy (non-hydrogen) atoms. The van der Waals surface area contributed by atoms with Crippen molar-refractivity contribution >= 4 is 12.0 Å². The molecule has 0 aliphatic carbocycles. The molecular weight excluding hydrogens is 472 g/mol. The number of nitrogens with one attached hydrogen (secondary N) is 2. The van der Waals surface area contributed by atoms with Crippen LogP contribution in [0, 0.1) is 5.92 Å². The lowest BCUT2D eigenvalue weighted by atomic mass is 10.0. The number of carbonyl (C=O) groups excluding carboxylic acids is 2. The second-order valence-corrected chi connectivity index (χ2v) is 8.98. The molecule has 0 aliphatic heterocycles. The molecule has 0 radical (unpaired) electrons. The highest BCUT2D eigenvalue weighted by atomic mass is 16.5. The zero-order valence-corrected chi connectivity index (χ0v) is 21.1. The van der Waals surface area contributed by atoms with Gasteiger partial charge in [0, 0.05) is 6.54 Å². The molecule has 3 rings (SSSR count). The van der Waals surface area contributed by atoms with Crippen LogP contribution in [-0.4, -0.2) is 42.4 Å². The van der Waals surface area contributed by atoms with Crippen molar-refractivity contribution in [1.29, 1.82) is 0 Å². The number of para-hydroxylation sites is 1. The Bertz CT molecular complexity index is 1090. The van der Waals surface area contributed by atoms with Crippen molar-refractivity contribution in [3.05, 3.63) is 90.5 Å². The molecule has 0 heterocycles. The first-order chi connectivity index (χ1) is 17.9. The molecule has 8 heteroatoms. The van der Waals surface area contributed by atoms with Gasteiger partial charge in [0.05, 0.1) is 0 Å². The van der Waals surface area contributed by atoms with E-state index >= 15 is 0 Å². The normalized spacial score (nSPS) is 12.3. The van der Waals surface area contributed by atoms with Crippen LogP contribution in [0.5, 0.6) is 17.2 Å². The van der Waals surface area contributed by atoms with E-state index in [4.69, 9.17) is 14.2 Å². The van der Waals surface area contributed by atoms with Gasteiger partial charge in [-0.2, -0.15) is 0 Å². The minimum absolute atomic E-state index is 0.0133.